The fourth-order valence-electron chi connectivity index (χ4n) is 3.14. The molecule has 11 heteroatoms. The Morgan fingerprint density at radius 3 is 2.31 bits per heavy atom. The van der Waals surface area contributed by atoms with Crippen LogP contribution in [0, 0.1) is 6.92 Å². The zero-order chi connectivity index (χ0) is 23.6. The van der Waals surface area contributed by atoms with Crippen molar-refractivity contribution in [3.8, 4) is 17.2 Å². The Bertz CT molecular complexity index is 1280. The van der Waals surface area contributed by atoms with E-state index in [0.717, 1.165) is 22.9 Å². The van der Waals surface area contributed by atoms with E-state index < -0.39 is 41.4 Å². The molecule has 0 aliphatic heterocycles. The van der Waals surface area contributed by atoms with Gasteiger partial charge in [-0.15, -0.1) is 0 Å². The molecular formula is C21H17F3N2O6. The highest BCUT2D eigenvalue weighted by Crippen LogP contribution is 2.33. The number of carboxylic acid groups (broad SMARTS) is 1. The van der Waals surface area contributed by atoms with Crippen LogP contribution in [-0.2, 0) is 12.7 Å². The van der Waals surface area contributed by atoms with E-state index in [9.17, 15) is 27.6 Å². The molecule has 0 amide bonds. The molecule has 1 aromatic heterocycles. The quantitative estimate of drug-likeness (QED) is 0.598. The van der Waals surface area contributed by atoms with Gasteiger partial charge in [0.2, 0.25) is 5.75 Å². The summed E-state index contributed by atoms with van der Waals surface area (Å²) in [6, 6.07) is 9.43. The van der Waals surface area contributed by atoms with Gasteiger partial charge in [-0.3, -0.25) is 13.9 Å². The second kappa shape index (κ2) is 8.61. The Morgan fingerprint density at radius 2 is 1.75 bits per heavy atom. The molecule has 0 aliphatic rings. The summed E-state index contributed by atoms with van der Waals surface area (Å²) in [7, 11) is 1.44. The molecule has 0 unspecified atom stereocenters. The third-order valence-electron chi connectivity index (χ3n) is 4.77. The molecule has 0 saturated heterocycles. The predicted molar refractivity (Wildman–Crippen MR) is 107 cm³/mol. The van der Waals surface area contributed by atoms with Crippen LogP contribution in [0.15, 0.2) is 58.3 Å². The van der Waals surface area contributed by atoms with Gasteiger partial charge in [0.15, 0.2) is 0 Å². The summed E-state index contributed by atoms with van der Waals surface area (Å²) in [5.41, 5.74) is -2.75. The summed E-state index contributed by atoms with van der Waals surface area (Å²) < 4.78 is 50.9. The molecule has 168 valence electrons. The first-order chi connectivity index (χ1) is 15.0. The van der Waals surface area contributed by atoms with Gasteiger partial charge in [0.05, 0.1) is 31.1 Å². The van der Waals surface area contributed by atoms with E-state index in [2.05, 4.69) is 4.74 Å². The maximum absolute atomic E-state index is 13.3. The van der Waals surface area contributed by atoms with Crippen LogP contribution in [0.2, 0.25) is 0 Å². The minimum atomic E-state index is -4.62. The molecule has 8 nitrogen and oxygen atoms in total. The van der Waals surface area contributed by atoms with E-state index in [1.807, 2.05) is 0 Å². The Kier molecular flexibility index (Phi) is 6.10. The van der Waals surface area contributed by atoms with E-state index in [0.29, 0.717) is 10.3 Å². The molecule has 0 spiro atoms. The molecule has 0 aliphatic carbocycles. The first kappa shape index (κ1) is 22.7. The van der Waals surface area contributed by atoms with E-state index in [4.69, 9.17) is 9.84 Å². The number of aromatic nitrogens is 2. The first-order valence-corrected chi connectivity index (χ1v) is 9.10. The zero-order valence-corrected chi connectivity index (χ0v) is 16.8. The molecular weight excluding hydrogens is 433 g/mol. The third-order valence-corrected chi connectivity index (χ3v) is 4.77. The summed E-state index contributed by atoms with van der Waals surface area (Å²) in [5.74, 6) is -0.200. The van der Waals surface area contributed by atoms with Crippen molar-refractivity contribution in [1.82, 2.24) is 9.13 Å². The predicted octanol–water partition coefficient (Wildman–Crippen LogP) is 3.44. The van der Waals surface area contributed by atoms with Gasteiger partial charge in [0, 0.05) is 0 Å². The standard InChI is InChI=1S/C21H17F3N2O6/c1-12-13(4-3-5-16(12)21(22,23)24)10-26-18(27)17(32-20(29)30)11-25(19(26)28)14-6-8-15(31-2)9-7-14/h3-9,11H,10H2,1-2H3,(H,29,30). The number of carbonyl (C=O) groups is 1. The number of halogens is 3. The van der Waals surface area contributed by atoms with Gasteiger partial charge in [-0.05, 0) is 48.4 Å². The summed E-state index contributed by atoms with van der Waals surface area (Å²) in [4.78, 5) is 36.8. The molecule has 1 heterocycles. The average Bonchev–Trinajstić information content (AvgIpc) is 2.73. The van der Waals surface area contributed by atoms with Gasteiger partial charge < -0.3 is 14.6 Å². The Hall–Kier alpha value is -4.02. The largest absolute Gasteiger partial charge is 0.511 e. The monoisotopic (exact) mass is 450 g/mol. The summed E-state index contributed by atoms with van der Waals surface area (Å²) in [5, 5.41) is 8.94. The van der Waals surface area contributed by atoms with Gasteiger partial charge in [-0.25, -0.2) is 9.59 Å². The summed E-state index contributed by atoms with van der Waals surface area (Å²) >= 11 is 0. The molecule has 0 fully saturated rings. The molecule has 0 atom stereocenters. The normalized spacial score (nSPS) is 11.3. The zero-order valence-electron chi connectivity index (χ0n) is 16.8. The van der Waals surface area contributed by atoms with Gasteiger partial charge in [-0.2, -0.15) is 13.2 Å². The second-order valence-electron chi connectivity index (χ2n) is 6.69. The maximum atomic E-state index is 13.3. The van der Waals surface area contributed by atoms with Crippen LogP contribution >= 0.6 is 0 Å². The van der Waals surface area contributed by atoms with Crippen molar-refractivity contribution >= 4 is 6.16 Å². The van der Waals surface area contributed by atoms with Crippen LogP contribution in [0.25, 0.3) is 5.69 Å². The van der Waals surface area contributed by atoms with Crippen LogP contribution in [0.3, 0.4) is 0 Å². The SMILES string of the molecule is COc1ccc(-n2cc(OC(=O)O)c(=O)n(Cc3cccc(C(F)(F)F)c3C)c2=O)cc1. The Morgan fingerprint density at radius 1 is 1.09 bits per heavy atom. The highest BCUT2D eigenvalue weighted by atomic mass is 19.4. The van der Waals surface area contributed by atoms with E-state index >= 15 is 0 Å². The lowest BCUT2D eigenvalue weighted by Crippen LogP contribution is -2.40. The fourth-order valence-corrected chi connectivity index (χ4v) is 3.14. The van der Waals surface area contributed by atoms with Crippen molar-refractivity contribution in [3.05, 3.63) is 86.2 Å². The Labute approximate surface area is 178 Å². The number of ether oxygens (including phenoxy) is 2. The molecule has 3 aromatic rings. The van der Waals surface area contributed by atoms with E-state index in [1.54, 1.807) is 0 Å². The summed E-state index contributed by atoms with van der Waals surface area (Å²) in [6.07, 6.45) is -5.50. The van der Waals surface area contributed by atoms with Crippen LogP contribution in [-0.4, -0.2) is 27.5 Å². The minimum Gasteiger partial charge on any atom is -0.497 e. The fraction of sp³-hybridized carbons (Fsp3) is 0.190. The van der Waals surface area contributed by atoms with Crippen molar-refractivity contribution in [3.63, 3.8) is 0 Å². The number of rotatable bonds is 5. The molecule has 1 N–H and O–H groups in total. The highest BCUT2D eigenvalue weighted by Gasteiger charge is 2.33. The lowest BCUT2D eigenvalue weighted by atomic mass is 10.0. The number of nitrogens with zero attached hydrogens (tertiary/aromatic N) is 2. The van der Waals surface area contributed by atoms with Crippen molar-refractivity contribution in [2.75, 3.05) is 7.11 Å². The van der Waals surface area contributed by atoms with Crippen molar-refractivity contribution in [2.45, 2.75) is 19.6 Å². The number of methoxy groups -OCH3 is 1. The number of benzene rings is 2. The van der Waals surface area contributed by atoms with Crippen molar-refractivity contribution in [2.24, 2.45) is 0 Å². The number of alkyl halides is 3. The van der Waals surface area contributed by atoms with Gasteiger partial charge in [0.25, 0.3) is 5.56 Å². The van der Waals surface area contributed by atoms with Crippen LogP contribution in [0.5, 0.6) is 11.5 Å². The number of hydrogen-bond donors (Lipinski definition) is 1. The third kappa shape index (κ3) is 4.51. The number of hydrogen-bond acceptors (Lipinski definition) is 5. The van der Waals surface area contributed by atoms with Gasteiger partial charge in [0.1, 0.15) is 5.75 Å². The Balaban J connectivity index is 2.20. The van der Waals surface area contributed by atoms with Crippen molar-refractivity contribution < 1.29 is 32.5 Å². The lowest BCUT2D eigenvalue weighted by molar-refractivity contribution is -0.138. The molecule has 3 rings (SSSR count). The second-order valence-corrected chi connectivity index (χ2v) is 6.69. The first-order valence-electron chi connectivity index (χ1n) is 9.10. The molecule has 0 saturated carbocycles. The van der Waals surface area contributed by atoms with Gasteiger partial charge >= 0.3 is 18.0 Å². The van der Waals surface area contributed by atoms with E-state index in [1.165, 1.54) is 44.4 Å². The van der Waals surface area contributed by atoms with Crippen LogP contribution < -0.4 is 20.7 Å². The molecule has 0 radical (unpaired) electrons. The average molecular weight is 450 g/mol. The van der Waals surface area contributed by atoms with Gasteiger partial charge in [-0.1, -0.05) is 12.1 Å². The smallest absolute Gasteiger partial charge is 0.497 e. The van der Waals surface area contributed by atoms with E-state index in [-0.39, 0.29) is 16.8 Å². The minimum absolute atomic E-state index is 0.0628. The van der Waals surface area contributed by atoms with Crippen LogP contribution in [0.4, 0.5) is 18.0 Å². The maximum Gasteiger partial charge on any atom is 0.511 e. The highest BCUT2D eigenvalue weighted by molar-refractivity contribution is 5.60. The molecule has 2 aromatic carbocycles. The van der Waals surface area contributed by atoms with Crippen LogP contribution in [0.1, 0.15) is 16.7 Å². The van der Waals surface area contributed by atoms with Crippen molar-refractivity contribution in [1.29, 1.82) is 0 Å². The lowest BCUT2D eigenvalue weighted by Gasteiger charge is -2.16. The molecule has 0 bridgehead atoms. The summed E-state index contributed by atoms with van der Waals surface area (Å²) in [6.45, 7) is 0.698. The topological polar surface area (TPSA) is 99.8 Å². The molecule has 32 heavy (non-hydrogen) atoms.